The van der Waals surface area contributed by atoms with Gasteiger partial charge in [0.15, 0.2) is 0 Å². The summed E-state index contributed by atoms with van der Waals surface area (Å²) in [4.78, 5) is 0. The Labute approximate surface area is 342 Å². The minimum Gasteiger partial charge on any atom is -0.456 e. The Morgan fingerprint density at radius 3 is 1.30 bits per heavy atom. The highest BCUT2D eigenvalue weighted by molar-refractivity contribution is 6.25. The van der Waals surface area contributed by atoms with Crippen LogP contribution >= 0.6 is 0 Å². The van der Waals surface area contributed by atoms with E-state index in [1.807, 2.05) is 0 Å². The number of fused-ring (bicyclic) bond motifs is 14. The van der Waals surface area contributed by atoms with Crippen LogP contribution in [0.1, 0.15) is 0 Å². The van der Waals surface area contributed by atoms with Gasteiger partial charge in [0, 0.05) is 60.0 Å². The molecule has 14 aromatic rings. The molecule has 14 rings (SSSR count). The summed E-state index contributed by atoms with van der Waals surface area (Å²) in [6.45, 7) is 0. The standard InChI is InChI=1S/C56H32N2O2/c1-2-12-33(13-3-1)54-55-46-29-35-23-25-39(58-49-20-10-6-16-42(49)43-17-7-11-21-50(43)58)27-37(35)31-52(46)59-53(55)32-45-44-28-34-22-24-38(26-36(34)30-51(44)60-56(45)54)57-47-18-8-4-14-40(47)41-15-5-9-19-48(41)57/h1-32H. The van der Waals surface area contributed by atoms with Crippen molar-refractivity contribution in [3.8, 4) is 22.5 Å². The Morgan fingerprint density at radius 2 is 0.767 bits per heavy atom. The number of benzene rings is 10. The highest BCUT2D eigenvalue weighted by Crippen LogP contribution is 2.47. The van der Waals surface area contributed by atoms with E-state index < -0.39 is 0 Å². The molecular weight excluding hydrogens is 733 g/mol. The van der Waals surface area contributed by atoms with Crippen molar-refractivity contribution in [3.05, 3.63) is 194 Å². The maximum Gasteiger partial charge on any atom is 0.144 e. The first-order chi connectivity index (χ1) is 29.7. The third kappa shape index (κ3) is 4.34. The number of para-hydroxylation sites is 4. The monoisotopic (exact) mass is 764 g/mol. The topological polar surface area (TPSA) is 36.1 Å². The molecule has 0 N–H and O–H groups in total. The summed E-state index contributed by atoms with van der Waals surface area (Å²) < 4.78 is 18.6. The molecule has 4 heterocycles. The first-order valence-corrected chi connectivity index (χ1v) is 20.5. The summed E-state index contributed by atoms with van der Waals surface area (Å²) in [5, 5.41) is 13.8. The lowest BCUT2D eigenvalue weighted by atomic mass is 9.95. The van der Waals surface area contributed by atoms with Crippen LogP contribution in [0.2, 0.25) is 0 Å². The van der Waals surface area contributed by atoms with E-state index >= 15 is 0 Å². The first kappa shape index (κ1) is 31.9. The van der Waals surface area contributed by atoms with Gasteiger partial charge in [-0.05, 0) is 106 Å². The quantitative estimate of drug-likeness (QED) is 0.180. The molecule has 4 nitrogen and oxygen atoms in total. The predicted molar refractivity (Wildman–Crippen MR) is 250 cm³/mol. The van der Waals surface area contributed by atoms with E-state index in [9.17, 15) is 0 Å². The number of hydrogen-bond acceptors (Lipinski definition) is 2. The molecule has 60 heavy (non-hydrogen) atoms. The predicted octanol–water partition coefficient (Wildman–Crippen LogP) is 15.7. The molecule has 0 radical (unpaired) electrons. The van der Waals surface area contributed by atoms with Crippen molar-refractivity contribution in [2.45, 2.75) is 0 Å². The second kappa shape index (κ2) is 11.8. The van der Waals surface area contributed by atoms with Gasteiger partial charge >= 0.3 is 0 Å². The second-order valence-electron chi connectivity index (χ2n) is 16.1. The molecule has 0 fully saturated rings. The molecule has 0 bridgehead atoms. The van der Waals surface area contributed by atoms with E-state index in [1.165, 1.54) is 43.6 Å². The lowest BCUT2D eigenvalue weighted by molar-refractivity contribution is 0.665. The third-order valence-corrected chi connectivity index (χ3v) is 12.8. The van der Waals surface area contributed by atoms with Crippen LogP contribution in [0.3, 0.4) is 0 Å². The van der Waals surface area contributed by atoms with Crippen LogP contribution in [0.25, 0.3) is 132 Å². The van der Waals surface area contributed by atoms with E-state index in [0.717, 1.165) is 87.9 Å². The van der Waals surface area contributed by atoms with Crippen molar-refractivity contribution in [3.63, 3.8) is 0 Å². The Balaban J connectivity index is 0.982. The zero-order valence-electron chi connectivity index (χ0n) is 32.2. The number of aromatic nitrogens is 2. The fourth-order valence-electron chi connectivity index (χ4n) is 10.2. The van der Waals surface area contributed by atoms with E-state index in [-0.39, 0.29) is 0 Å². The molecule has 0 aliphatic heterocycles. The van der Waals surface area contributed by atoms with Gasteiger partial charge in [-0.2, -0.15) is 0 Å². The lowest BCUT2D eigenvalue weighted by Crippen LogP contribution is -1.93. The van der Waals surface area contributed by atoms with E-state index in [1.54, 1.807) is 0 Å². The van der Waals surface area contributed by atoms with Crippen LogP contribution in [0.4, 0.5) is 0 Å². The maximum atomic E-state index is 7.01. The molecule has 10 aromatic carbocycles. The highest BCUT2D eigenvalue weighted by atomic mass is 16.3. The average molecular weight is 765 g/mol. The van der Waals surface area contributed by atoms with Gasteiger partial charge in [-0.1, -0.05) is 115 Å². The van der Waals surface area contributed by atoms with Crippen LogP contribution in [0.5, 0.6) is 0 Å². The van der Waals surface area contributed by atoms with Crippen LogP contribution in [0, 0.1) is 0 Å². The van der Waals surface area contributed by atoms with Crippen LogP contribution < -0.4 is 0 Å². The smallest absolute Gasteiger partial charge is 0.144 e. The molecule has 0 atom stereocenters. The molecule has 0 amide bonds. The minimum atomic E-state index is 0.846. The van der Waals surface area contributed by atoms with Gasteiger partial charge in [0.1, 0.15) is 22.3 Å². The van der Waals surface area contributed by atoms with Gasteiger partial charge in [-0.25, -0.2) is 0 Å². The van der Waals surface area contributed by atoms with Crippen LogP contribution in [0.15, 0.2) is 203 Å². The number of furan rings is 2. The fraction of sp³-hybridized carbons (Fsp3) is 0. The summed E-state index contributed by atoms with van der Waals surface area (Å²) >= 11 is 0. The van der Waals surface area contributed by atoms with E-state index in [0.29, 0.717) is 0 Å². The lowest BCUT2D eigenvalue weighted by Gasteiger charge is -2.10. The van der Waals surface area contributed by atoms with Gasteiger partial charge in [0.25, 0.3) is 0 Å². The summed E-state index contributed by atoms with van der Waals surface area (Å²) in [6.07, 6.45) is 0. The van der Waals surface area contributed by atoms with Crippen molar-refractivity contribution >= 4 is 109 Å². The zero-order valence-corrected chi connectivity index (χ0v) is 32.2. The normalized spacial score (nSPS) is 12.3. The van der Waals surface area contributed by atoms with Gasteiger partial charge in [-0.3, -0.25) is 0 Å². The molecule has 0 aliphatic carbocycles. The SMILES string of the molecule is c1ccc(-c2c3oc4cc5cc(-n6c7ccccc7c7ccccc76)ccc5cc4c3cc3oc4cc5cc(-n6c7ccccc7c7ccccc76)ccc5cc4c23)cc1. The molecule has 0 spiro atoms. The molecule has 4 aromatic heterocycles. The molecule has 0 unspecified atom stereocenters. The highest BCUT2D eigenvalue weighted by Gasteiger charge is 2.23. The van der Waals surface area contributed by atoms with Crippen molar-refractivity contribution in [2.75, 3.05) is 0 Å². The average Bonchev–Trinajstić information content (AvgIpc) is 4.04. The largest absolute Gasteiger partial charge is 0.456 e. The van der Waals surface area contributed by atoms with Gasteiger partial charge < -0.3 is 18.0 Å². The molecular formula is C56H32N2O2. The number of rotatable bonds is 3. The summed E-state index contributed by atoms with van der Waals surface area (Å²) in [7, 11) is 0. The second-order valence-corrected chi connectivity index (χ2v) is 16.1. The summed E-state index contributed by atoms with van der Waals surface area (Å²) in [6, 6.07) is 69.9. The first-order valence-electron chi connectivity index (χ1n) is 20.5. The van der Waals surface area contributed by atoms with Crippen molar-refractivity contribution in [2.24, 2.45) is 0 Å². The fourth-order valence-corrected chi connectivity index (χ4v) is 10.2. The van der Waals surface area contributed by atoms with Crippen molar-refractivity contribution in [1.29, 1.82) is 0 Å². The van der Waals surface area contributed by atoms with Gasteiger partial charge in [-0.15, -0.1) is 0 Å². The molecule has 0 saturated carbocycles. The molecule has 0 aliphatic rings. The Bertz CT molecular complexity index is 3880. The Hall–Kier alpha value is -8.08. The van der Waals surface area contributed by atoms with E-state index in [4.69, 9.17) is 8.83 Å². The molecule has 0 saturated heterocycles. The number of nitrogens with zero attached hydrogens (tertiary/aromatic N) is 2. The van der Waals surface area contributed by atoms with Crippen LogP contribution in [-0.4, -0.2) is 9.13 Å². The Kier molecular flexibility index (Phi) is 6.26. The van der Waals surface area contributed by atoms with E-state index in [2.05, 4.69) is 203 Å². The number of hydrogen-bond donors (Lipinski definition) is 0. The van der Waals surface area contributed by atoms with Gasteiger partial charge in [0.05, 0.1) is 22.1 Å². The molecule has 278 valence electrons. The third-order valence-electron chi connectivity index (χ3n) is 12.8. The van der Waals surface area contributed by atoms with Crippen molar-refractivity contribution in [1.82, 2.24) is 9.13 Å². The summed E-state index contributed by atoms with van der Waals surface area (Å²) in [5.74, 6) is 0. The summed E-state index contributed by atoms with van der Waals surface area (Å²) in [5.41, 5.74) is 12.6. The van der Waals surface area contributed by atoms with Crippen molar-refractivity contribution < 1.29 is 8.83 Å². The van der Waals surface area contributed by atoms with Gasteiger partial charge in [0.2, 0.25) is 0 Å². The van der Waals surface area contributed by atoms with Crippen LogP contribution in [-0.2, 0) is 0 Å². The molecule has 4 heteroatoms. The maximum absolute atomic E-state index is 7.01. The zero-order chi connectivity index (χ0) is 39.1. The minimum absolute atomic E-state index is 0.846. The Morgan fingerprint density at radius 1 is 0.300 bits per heavy atom.